The maximum absolute atomic E-state index is 11.7. The van der Waals surface area contributed by atoms with Crippen molar-refractivity contribution in [2.75, 3.05) is 12.4 Å². The highest BCUT2D eigenvalue weighted by Gasteiger charge is 2.22. The van der Waals surface area contributed by atoms with E-state index in [2.05, 4.69) is 10.3 Å². The predicted octanol–water partition coefficient (Wildman–Crippen LogP) is 2.59. The topological polar surface area (TPSA) is 71.2 Å². The number of aromatic amines is 1. The molecule has 2 aromatic heterocycles. The Hall–Kier alpha value is -1.82. The maximum Gasteiger partial charge on any atom is 0.356 e. The first-order valence-electron chi connectivity index (χ1n) is 5.43. The van der Waals surface area contributed by atoms with E-state index in [9.17, 15) is 9.59 Å². The largest absolute Gasteiger partial charge is 0.464 e. The average Bonchev–Trinajstić information content (AvgIpc) is 2.77. The number of thiophene rings is 1. The first-order valence-corrected chi connectivity index (χ1v) is 6.25. The van der Waals surface area contributed by atoms with E-state index >= 15 is 0 Å². The van der Waals surface area contributed by atoms with E-state index in [4.69, 9.17) is 4.74 Å². The molecule has 0 bridgehead atoms. The van der Waals surface area contributed by atoms with Gasteiger partial charge in [-0.1, -0.05) is 0 Å². The van der Waals surface area contributed by atoms with Gasteiger partial charge in [0.2, 0.25) is 5.91 Å². The van der Waals surface area contributed by atoms with Crippen LogP contribution >= 0.6 is 11.3 Å². The molecule has 0 unspecified atom stereocenters. The molecule has 0 fully saturated rings. The number of hydrogen-bond donors (Lipinski definition) is 2. The number of fused-ring (bicyclic) bond motifs is 1. The number of carbonyl (C=O) groups excluding carboxylic acids is 2. The summed E-state index contributed by atoms with van der Waals surface area (Å²) in [6.45, 7) is 5.38. The lowest BCUT2D eigenvalue weighted by molar-refractivity contribution is -0.114. The van der Waals surface area contributed by atoms with Gasteiger partial charge < -0.3 is 15.0 Å². The summed E-state index contributed by atoms with van der Waals surface area (Å²) in [6, 6.07) is 0. The SMILES string of the molecule is COC(=O)c1[nH]c2sc(C)c(C)c2c1NC(C)=O. The number of aromatic nitrogens is 1. The van der Waals surface area contributed by atoms with Crippen LogP contribution in [0.3, 0.4) is 0 Å². The number of amides is 1. The molecule has 6 heteroatoms. The van der Waals surface area contributed by atoms with E-state index in [0.29, 0.717) is 5.69 Å². The second-order valence-corrected chi connectivity index (χ2v) is 5.26. The van der Waals surface area contributed by atoms with Crippen LogP contribution in [-0.4, -0.2) is 24.0 Å². The summed E-state index contributed by atoms with van der Waals surface area (Å²) in [5, 5.41) is 3.58. The Morgan fingerprint density at radius 1 is 1.33 bits per heavy atom. The number of methoxy groups -OCH3 is 1. The molecule has 0 aromatic carbocycles. The highest BCUT2D eigenvalue weighted by atomic mass is 32.1. The standard InChI is InChI=1S/C12H14N2O3S/c1-5-6(2)18-11-8(5)9(13-7(3)15)10(14-11)12(16)17-4/h14H,1-4H3,(H,13,15). The van der Waals surface area contributed by atoms with Gasteiger partial charge in [0.25, 0.3) is 0 Å². The van der Waals surface area contributed by atoms with E-state index in [-0.39, 0.29) is 11.6 Å². The van der Waals surface area contributed by atoms with Crippen molar-refractivity contribution in [2.45, 2.75) is 20.8 Å². The minimum atomic E-state index is -0.487. The van der Waals surface area contributed by atoms with Crippen molar-refractivity contribution in [1.82, 2.24) is 4.98 Å². The van der Waals surface area contributed by atoms with Crippen LogP contribution in [-0.2, 0) is 9.53 Å². The van der Waals surface area contributed by atoms with Crippen LogP contribution in [0.1, 0.15) is 27.9 Å². The van der Waals surface area contributed by atoms with E-state index in [1.54, 1.807) is 11.3 Å². The lowest BCUT2D eigenvalue weighted by Crippen LogP contribution is -2.11. The predicted molar refractivity (Wildman–Crippen MR) is 71.3 cm³/mol. The van der Waals surface area contributed by atoms with Crippen molar-refractivity contribution in [1.29, 1.82) is 0 Å². The maximum atomic E-state index is 11.7. The lowest BCUT2D eigenvalue weighted by Gasteiger charge is -2.04. The van der Waals surface area contributed by atoms with Gasteiger partial charge in [0.1, 0.15) is 4.83 Å². The highest BCUT2D eigenvalue weighted by Crippen LogP contribution is 2.37. The minimum absolute atomic E-state index is 0.218. The monoisotopic (exact) mass is 266 g/mol. The molecule has 0 spiro atoms. The Bertz CT molecular complexity index is 639. The summed E-state index contributed by atoms with van der Waals surface area (Å²) in [5.41, 5.74) is 1.86. The second-order valence-electron chi connectivity index (χ2n) is 4.04. The zero-order valence-corrected chi connectivity index (χ0v) is 11.4. The van der Waals surface area contributed by atoms with Crippen molar-refractivity contribution in [3.63, 3.8) is 0 Å². The van der Waals surface area contributed by atoms with Gasteiger partial charge in [-0.3, -0.25) is 4.79 Å². The molecule has 5 nitrogen and oxygen atoms in total. The van der Waals surface area contributed by atoms with Gasteiger partial charge in [0.05, 0.1) is 12.8 Å². The summed E-state index contributed by atoms with van der Waals surface area (Å²) in [7, 11) is 1.31. The minimum Gasteiger partial charge on any atom is -0.464 e. The molecule has 0 aliphatic heterocycles. The van der Waals surface area contributed by atoms with Crippen LogP contribution < -0.4 is 5.32 Å². The number of anilines is 1. The number of H-pyrrole nitrogens is 1. The fourth-order valence-electron chi connectivity index (χ4n) is 1.87. The zero-order chi connectivity index (χ0) is 13.4. The molecule has 0 atom stereocenters. The molecule has 18 heavy (non-hydrogen) atoms. The molecule has 2 N–H and O–H groups in total. The van der Waals surface area contributed by atoms with Gasteiger partial charge in [-0.2, -0.15) is 0 Å². The first-order chi connectivity index (χ1) is 8.45. The Morgan fingerprint density at radius 3 is 2.56 bits per heavy atom. The number of aryl methyl sites for hydroxylation is 2. The molecular formula is C12H14N2O3S. The Balaban J connectivity index is 2.71. The third kappa shape index (κ3) is 1.88. The van der Waals surface area contributed by atoms with Crippen LogP contribution in [0.2, 0.25) is 0 Å². The van der Waals surface area contributed by atoms with Gasteiger partial charge in [-0.25, -0.2) is 4.79 Å². The average molecular weight is 266 g/mol. The highest BCUT2D eigenvalue weighted by molar-refractivity contribution is 7.19. The third-order valence-electron chi connectivity index (χ3n) is 2.81. The molecule has 1 amide bonds. The molecule has 0 radical (unpaired) electrons. The Kier molecular flexibility index (Phi) is 3.13. The summed E-state index contributed by atoms with van der Waals surface area (Å²) in [6.07, 6.45) is 0. The smallest absolute Gasteiger partial charge is 0.356 e. The van der Waals surface area contributed by atoms with Crippen molar-refractivity contribution in [3.05, 3.63) is 16.1 Å². The second kappa shape index (κ2) is 4.45. The number of nitrogens with one attached hydrogen (secondary N) is 2. The van der Waals surface area contributed by atoms with Crippen LogP contribution in [0.5, 0.6) is 0 Å². The fourth-order valence-corrected chi connectivity index (χ4v) is 2.94. The van der Waals surface area contributed by atoms with Crippen LogP contribution in [0, 0.1) is 13.8 Å². The number of rotatable bonds is 2. The summed E-state index contributed by atoms with van der Waals surface area (Å²) >= 11 is 1.55. The molecule has 96 valence electrons. The van der Waals surface area contributed by atoms with Crippen molar-refractivity contribution in [3.8, 4) is 0 Å². The molecule has 0 saturated carbocycles. The van der Waals surface area contributed by atoms with Crippen LogP contribution in [0.4, 0.5) is 5.69 Å². The number of hydrogen-bond acceptors (Lipinski definition) is 4. The normalized spacial score (nSPS) is 10.7. The van der Waals surface area contributed by atoms with Crippen molar-refractivity contribution in [2.24, 2.45) is 0 Å². The van der Waals surface area contributed by atoms with Crippen LogP contribution in [0.15, 0.2) is 0 Å². The third-order valence-corrected chi connectivity index (χ3v) is 3.94. The van der Waals surface area contributed by atoms with Gasteiger partial charge >= 0.3 is 5.97 Å². The Labute approximate surface area is 108 Å². The van der Waals surface area contributed by atoms with E-state index in [0.717, 1.165) is 20.7 Å². The summed E-state index contributed by atoms with van der Waals surface area (Å²) < 4.78 is 4.71. The van der Waals surface area contributed by atoms with E-state index in [1.165, 1.54) is 14.0 Å². The van der Waals surface area contributed by atoms with E-state index in [1.807, 2.05) is 13.8 Å². The lowest BCUT2D eigenvalue weighted by atomic mass is 10.2. The van der Waals surface area contributed by atoms with Gasteiger partial charge in [0, 0.05) is 17.2 Å². The summed E-state index contributed by atoms with van der Waals surface area (Å²) in [4.78, 5) is 28.0. The first kappa shape index (κ1) is 12.6. The Morgan fingerprint density at radius 2 is 2.00 bits per heavy atom. The van der Waals surface area contributed by atoms with Gasteiger partial charge in [0.15, 0.2) is 5.69 Å². The van der Waals surface area contributed by atoms with Crippen molar-refractivity contribution >= 4 is 39.1 Å². The van der Waals surface area contributed by atoms with Gasteiger partial charge in [-0.15, -0.1) is 11.3 Å². The summed E-state index contributed by atoms with van der Waals surface area (Å²) in [5.74, 6) is -0.705. The molecule has 2 rings (SSSR count). The molecular weight excluding hydrogens is 252 g/mol. The quantitative estimate of drug-likeness (QED) is 0.821. The number of ether oxygens (including phenoxy) is 1. The molecule has 0 aliphatic rings. The molecule has 0 saturated heterocycles. The van der Waals surface area contributed by atoms with Gasteiger partial charge in [-0.05, 0) is 19.4 Å². The zero-order valence-electron chi connectivity index (χ0n) is 10.6. The van der Waals surface area contributed by atoms with Crippen molar-refractivity contribution < 1.29 is 14.3 Å². The number of esters is 1. The fraction of sp³-hybridized carbons (Fsp3) is 0.333. The van der Waals surface area contributed by atoms with Crippen LogP contribution in [0.25, 0.3) is 10.2 Å². The molecule has 0 aliphatic carbocycles. The molecule has 2 heterocycles. The number of carbonyl (C=O) groups is 2. The molecule has 2 aromatic rings. The van der Waals surface area contributed by atoms with E-state index < -0.39 is 5.97 Å².